The van der Waals surface area contributed by atoms with E-state index in [4.69, 9.17) is 16.3 Å². The molecule has 0 aliphatic carbocycles. The van der Waals surface area contributed by atoms with Gasteiger partial charge in [-0.25, -0.2) is 4.39 Å². The van der Waals surface area contributed by atoms with E-state index in [0.29, 0.717) is 40.8 Å². The van der Waals surface area contributed by atoms with Gasteiger partial charge in [0.05, 0.1) is 37.9 Å². The lowest BCUT2D eigenvalue weighted by Gasteiger charge is -2.34. The summed E-state index contributed by atoms with van der Waals surface area (Å²) in [6.07, 6.45) is 1.23. The molecule has 0 bridgehead atoms. The summed E-state index contributed by atoms with van der Waals surface area (Å²) in [5.41, 5.74) is 0.0349. The largest absolute Gasteiger partial charge is 0.507 e. The number of anilines is 1. The molecular weight excluding hydrogens is 652 g/mol. The number of carbonyl (C=O) groups is 1. The second-order valence-corrected chi connectivity index (χ2v) is 10.8. The number of amides is 1. The van der Waals surface area contributed by atoms with Crippen molar-refractivity contribution in [2.24, 2.45) is 0 Å². The maximum atomic E-state index is 15.1. The summed E-state index contributed by atoms with van der Waals surface area (Å²) < 4.78 is 23.2. The van der Waals surface area contributed by atoms with Crippen molar-refractivity contribution < 1.29 is 19.0 Å². The molecule has 2 heterocycles. The van der Waals surface area contributed by atoms with Crippen molar-refractivity contribution in [1.29, 1.82) is 5.26 Å². The average molecular weight is 680 g/mol. The van der Waals surface area contributed by atoms with Gasteiger partial charge in [0.1, 0.15) is 29.8 Å². The summed E-state index contributed by atoms with van der Waals surface area (Å²) in [6, 6.07) is 7.12. The zero-order chi connectivity index (χ0) is 29.3. The van der Waals surface area contributed by atoms with Gasteiger partial charge in [-0.2, -0.15) is 5.26 Å². The number of rotatable bonds is 9. The van der Waals surface area contributed by atoms with Crippen molar-refractivity contribution in [2.75, 3.05) is 56.8 Å². The van der Waals surface area contributed by atoms with Gasteiger partial charge in [-0.15, -0.1) is 0 Å². The van der Waals surface area contributed by atoms with Crippen LogP contribution in [0, 0.1) is 17.1 Å². The monoisotopic (exact) mass is 679 g/mol. The van der Waals surface area contributed by atoms with E-state index in [1.165, 1.54) is 28.8 Å². The molecule has 0 unspecified atom stereocenters. The van der Waals surface area contributed by atoms with E-state index >= 15 is 4.39 Å². The van der Waals surface area contributed by atoms with Crippen molar-refractivity contribution in [3.63, 3.8) is 0 Å². The Morgan fingerprint density at radius 2 is 2.08 bits per heavy atom. The van der Waals surface area contributed by atoms with Crippen LogP contribution in [0.3, 0.4) is 0 Å². The van der Waals surface area contributed by atoms with Crippen LogP contribution in [0.25, 0.3) is 22.0 Å². The number of hydrogen-bond acceptors (Lipinski definition) is 7. The highest BCUT2D eigenvalue weighted by Crippen LogP contribution is 2.49. The van der Waals surface area contributed by atoms with Gasteiger partial charge in [0, 0.05) is 32.1 Å². The lowest BCUT2D eigenvalue weighted by atomic mass is 9.96. The van der Waals surface area contributed by atoms with E-state index in [1.54, 1.807) is 22.9 Å². The zero-order valence-electron chi connectivity index (χ0n) is 22.2. The Bertz CT molecular complexity index is 1580. The standard InChI is InChI=1S/C28H28ClFIN5O4/c1-5-22(38)35(15-31)10-9-34(4)25-17-11-19(29)23(24-20(30)7-6-8-21(24)37)27-26(17)36(28(39)18(25)12-32)16(14-40-27)13-33(2)3/h5-8,11,16,37H,1,9-10,13-15H2,2-4H3/t16-/m0/s1. The molecular formula is C28H28ClFIN5O4. The third-order valence-corrected chi connectivity index (χ3v) is 7.93. The first kappa shape index (κ1) is 29.6. The minimum atomic E-state index is -0.706. The highest BCUT2D eigenvalue weighted by Gasteiger charge is 2.34. The van der Waals surface area contributed by atoms with Crippen LogP contribution in [0.5, 0.6) is 11.5 Å². The second kappa shape index (κ2) is 12.0. The van der Waals surface area contributed by atoms with Crippen LogP contribution in [-0.2, 0) is 4.79 Å². The van der Waals surface area contributed by atoms with Gasteiger partial charge in [0.2, 0.25) is 5.91 Å². The summed E-state index contributed by atoms with van der Waals surface area (Å²) in [7, 11) is 5.44. The Labute approximate surface area is 249 Å². The van der Waals surface area contributed by atoms with Crippen molar-refractivity contribution in [2.45, 2.75) is 6.04 Å². The number of carbonyl (C=O) groups excluding carboxylic acids is 1. The van der Waals surface area contributed by atoms with Crippen LogP contribution in [0.4, 0.5) is 10.1 Å². The highest BCUT2D eigenvalue weighted by atomic mass is 127. The molecule has 1 N–H and O–H groups in total. The van der Waals surface area contributed by atoms with Crippen LogP contribution < -0.4 is 15.2 Å². The lowest BCUT2D eigenvalue weighted by molar-refractivity contribution is -0.124. The number of halogens is 3. The number of pyridine rings is 1. The summed E-state index contributed by atoms with van der Waals surface area (Å²) in [4.78, 5) is 31.4. The normalized spacial score (nSPS) is 14.1. The van der Waals surface area contributed by atoms with Crippen molar-refractivity contribution in [1.82, 2.24) is 14.4 Å². The molecule has 1 amide bonds. The smallest absolute Gasteiger partial charge is 0.271 e. The minimum absolute atomic E-state index is 0.0666. The number of aromatic hydroxyl groups is 1. The molecule has 0 saturated heterocycles. The van der Waals surface area contributed by atoms with Crippen molar-refractivity contribution in [3.05, 3.63) is 63.7 Å². The predicted molar refractivity (Wildman–Crippen MR) is 162 cm³/mol. The number of benzene rings is 2. The fraction of sp³-hybridized carbons (Fsp3) is 0.321. The van der Waals surface area contributed by atoms with E-state index in [1.807, 2.05) is 19.0 Å². The quantitative estimate of drug-likeness (QED) is 0.155. The molecule has 1 aliphatic rings. The molecule has 0 saturated carbocycles. The number of phenols is 1. The van der Waals surface area contributed by atoms with Crippen LogP contribution in [0.1, 0.15) is 11.6 Å². The molecule has 1 aliphatic heterocycles. The molecule has 1 atom stereocenters. The summed E-state index contributed by atoms with van der Waals surface area (Å²) in [6.45, 7) is 4.64. The molecule has 0 fully saturated rings. The SMILES string of the molecule is C=CC(=O)N(CI)CCN(C)c1c(C#N)c(=O)n2c3c(c(-c4c(O)cccc4F)c(Cl)cc13)OC[C@@H]2CN(C)C. The van der Waals surface area contributed by atoms with Gasteiger partial charge in [-0.05, 0) is 38.4 Å². The first-order valence-electron chi connectivity index (χ1n) is 12.3. The fourth-order valence-electron chi connectivity index (χ4n) is 5.02. The Morgan fingerprint density at radius 3 is 2.67 bits per heavy atom. The summed E-state index contributed by atoms with van der Waals surface area (Å²) in [5, 5.41) is 21.3. The Morgan fingerprint density at radius 1 is 1.35 bits per heavy atom. The number of phenolic OH excluding ortho intramolecular Hbond substituents is 1. The van der Waals surface area contributed by atoms with Crippen LogP contribution in [-0.4, -0.2) is 77.3 Å². The van der Waals surface area contributed by atoms with Gasteiger partial charge in [-0.1, -0.05) is 46.8 Å². The number of ether oxygens (including phenoxy) is 1. The van der Waals surface area contributed by atoms with Crippen molar-refractivity contribution >= 4 is 56.7 Å². The van der Waals surface area contributed by atoms with Crippen molar-refractivity contribution in [3.8, 4) is 28.7 Å². The molecule has 1 aromatic heterocycles. The van der Waals surface area contributed by atoms with E-state index in [9.17, 15) is 20.0 Å². The second-order valence-electron chi connectivity index (χ2n) is 9.68. The van der Waals surface area contributed by atoms with Gasteiger partial charge < -0.3 is 24.5 Å². The van der Waals surface area contributed by atoms with Crippen LogP contribution >= 0.6 is 34.2 Å². The minimum Gasteiger partial charge on any atom is -0.507 e. The molecule has 210 valence electrons. The summed E-state index contributed by atoms with van der Waals surface area (Å²) in [5.74, 6) is -1.13. The Balaban J connectivity index is 2.05. The Hall–Kier alpha value is -3.34. The number of aromatic nitrogens is 1. The van der Waals surface area contributed by atoms with Crippen LogP contribution in [0.2, 0.25) is 5.02 Å². The number of nitriles is 1. The first-order valence-corrected chi connectivity index (χ1v) is 14.2. The maximum absolute atomic E-state index is 15.1. The number of likely N-dealkylation sites (N-methyl/N-ethyl adjacent to an activating group) is 2. The van der Waals surface area contributed by atoms with E-state index in [0.717, 1.165) is 0 Å². The number of alkyl halides is 1. The van der Waals surface area contributed by atoms with E-state index < -0.39 is 17.4 Å². The molecule has 0 radical (unpaired) electrons. The molecule has 9 nitrogen and oxygen atoms in total. The lowest BCUT2D eigenvalue weighted by Crippen LogP contribution is -2.41. The highest BCUT2D eigenvalue weighted by molar-refractivity contribution is 14.1. The Kier molecular flexibility index (Phi) is 8.92. The zero-order valence-corrected chi connectivity index (χ0v) is 25.2. The van der Waals surface area contributed by atoms with Crippen LogP contribution in [0.15, 0.2) is 41.7 Å². The predicted octanol–water partition coefficient (Wildman–Crippen LogP) is 4.38. The molecule has 2 aromatic carbocycles. The van der Waals surface area contributed by atoms with Gasteiger partial charge in [0.25, 0.3) is 5.56 Å². The number of nitrogens with zero attached hydrogens (tertiary/aromatic N) is 5. The van der Waals surface area contributed by atoms with E-state index in [-0.39, 0.29) is 45.7 Å². The first-order chi connectivity index (χ1) is 19.0. The van der Waals surface area contributed by atoms with E-state index in [2.05, 4.69) is 35.2 Å². The molecule has 12 heteroatoms. The van der Waals surface area contributed by atoms with Gasteiger partial charge in [0.15, 0.2) is 5.75 Å². The molecule has 40 heavy (non-hydrogen) atoms. The third kappa shape index (κ3) is 5.23. The fourth-order valence-corrected chi connectivity index (χ4v) is 5.99. The summed E-state index contributed by atoms with van der Waals surface area (Å²) >= 11 is 8.84. The average Bonchev–Trinajstić information content (AvgIpc) is 2.91. The molecule has 3 aromatic rings. The van der Waals surface area contributed by atoms with Gasteiger partial charge in [-0.3, -0.25) is 14.2 Å². The third-order valence-electron chi connectivity index (χ3n) is 6.80. The van der Waals surface area contributed by atoms with Gasteiger partial charge >= 0.3 is 0 Å². The number of hydrogen-bond donors (Lipinski definition) is 1. The molecule has 0 spiro atoms. The molecule has 4 rings (SSSR count). The maximum Gasteiger partial charge on any atom is 0.271 e. The topological polar surface area (TPSA) is 102 Å².